The first-order chi connectivity index (χ1) is 16.3. The number of urea groups is 1. The largest absolute Gasteiger partial charge is 0.490 e. The zero-order chi connectivity index (χ0) is 24.4. The van der Waals surface area contributed by atoms with Gasteiger partial charge in [-0.2, -0.15) is 0 Å². The number of fused-ring (bicyclic) bond motifs is 1. The summed E-state index contributed by atoms with van der Waals surface area (Å²) in [4.78, 5) is 41.3. The Hall–Kier alpha value is -3.55. The predicted octanol–water partition coefficient (Wildman–Crippen LogP) is 3.83. The molecule has 2 aliphatic heterocycles. The number of nitrogens with one attached hydrogen (secondary N) is 1. The van der Waals surface area contributed by atoms with Crippen molar-refractivity contribution in [1.82, 2.24) is 10.2 Å². The molecule has 2 atom stereocenters. The van der Waals surface area contributed by atoms with Gasteiger partial charge in [-0.3, -0.25) is 19.4 Å². The molecule has 8 nitrogen and oxygen atoms in total. The van der Waals surface area contributed by atoms with Gasteiger partial charge in [-0.15, -0.1) is 0 Å². The van der Waals surface area contributed by atoms with Crippen LogP contribution in [0.15, 0.2) is 42.5 Å². The maximum absolute atomic E-state index is 13.1. The van der Waals surface area contributed by atoms with Crippen LogP contribution in [-0.2, 0) is 9.59 Å². The lowest BCUT2D eigenvalue weighted by molar-refractivity contribution is -0.132. The van der Waals surface area contributed by atoms with Gasteiger partial charge in [-0.25, -0.2) is 4.79 Å². The Labute approximate surface area is 199 Å². The molecule has 34 heavy (non-hydrogen) atoms. The van der Waals surface area contributed by atoms with Crippen LogP contribution in [0.2, 0.25) is 0 Å². The van der Waals surface area contributed by atoms with Crippen LogP contribution >= 0.6 is 0 Å². The van der Waals surface area contributed by atoms with Gasteiger partial charge in [0, 0.05) is 12.1 Å². The van der Waals surface area contributed by atoms with E-state index in [4.69, 9.17) is 9.47 Å². The van der Waals surface area contributed by atoms with Crippen LogP contribution < -0.4 is 19.7 Å². The first-order valence-electron chi connectivity index (χ1n) is 11.7. The maximum Gasteiger partial charge on any atom is 0.332 e. The standard InChI is InChI=1S/C26H31N3O5/c1-16(2)24(19-8-11-21-22(14-19)34-13-5-12-33-21)27-23(30)15-28-25(31)18(4)29(26(28)32)20-9-6-17(3)7-10-20/h6-11,14,16,18,24H,5,12-13,15H2,1-4H3,(H,27,30)/t18-,24+/m0/s1. The molecule has 0 saturated carbocycles. The van der Waals surface area contributed by atoms with Crippen molar-refractivity contribution in [2.75, 3.05) is 24.7 Å². The molecule has 0 aromatic heterocycles. The summed E-state index contributed by atoms with van der Waals surface area (Å²) in [5, 5.41) is 3.00. The first kappa shape index (κ1) is 23.6. The van der Waals surface area contributed by atoms with Gasteiger partial charge >= 0.3 is 6.03 Å². The molecule has 1 N–H and O–H groups in total. The number of anilines is 1. The molecule has 2 aromatic rings. The van der Waals surface area contributed by atoms with E-state index >= 15 is 0 Å². The Morgan fingerprint density at radius 2 is 1.74 bits per heavy atom. The summed E-state index contributed by atoms with van der Waals surface area (Å²) in [7, 11) is 0. The zero-order valence-electron chi connectivity index (χ0n) is 20.0. The van der Waals surface area contributed by atoms with Crippen molar-refractivity contribution in [2.24, 2.45) is 5.92 Å². The van der Waals surface area contributed by atoms with E-state index in [0.29, 0.717) is 30.4 Å². The molecule has 2 aromatic carbocycles. The summed E-state index contributed by atoms with van der Waals surface area (Å²) in [6.45, 7) is 8.47. The summed E-state index contributed by atoms with van der Waals surface area (Å²) < 4.78 is 11.5. The zero-order valence-corrected chi connectivity index (χ0v) is 20.0. The van der Waals surface area contributed by atoms with Crippen LogP contribution in [0.4, 0.5) is 10.5 Å². The summed E-state index contributed by atoms with van der Waals surface area (Å²) in [6, 6.07) is 11.5. The number of hydrogen-bond acceptors (Lipinski definition) is 5. The van der Waals surface area contributed by atoms with E-state index in [1.165, 1.54) is 4.90 Å². The van der Waals surface area contributed by atoms with Crippen LogP contribution in [0.3, 0.4) is 0 Å². The van der Waals surface area contributed by atoms with Crippen molar-refractivity contribution in [3.63, 3.8) is 0 Å². The second-order valence-corrected chi connectivity index (χ2v) is 9.13. The van der Waals surface area contributed by atoms with E-state index in [9.17, 15) is 14.4 Å². The second kappa shape index (κ2) is 9.75. The van der Waals surface area contributed by atoms with Gasteiger partial charge in [-0.05, 0) is 49.6 Å². The molecule has 0 unspecified atom stereocenters. The third-order valence-electron chi connectivity index (χ3n) is 6.18. The van der Waals surface area contributed by atoms with Crippen molar-refractivity contribution >= 4 is 23.5 Å². The smallest absolute Gasteiger partial charge is 0.332 e. The molecule has 1 saturated heterocycles. The normalized spacial score (nSPS) is 18.8. The van der Waals surface area contributed by atoms with Crippen molar-refractivity contribution in [3.8, 4) is 11.5 Å². The summed E-state index contributed by atoms with van der Waals surface area (Å²) in [5.41, 5.74) is 2.56. The molecule has 2 aliphatic rings. The number of rotatable bonds is 6. The van der Waals surface area contributed by atoms with Gasteiger partial charge in [0.15, 0.2) is 11.5 Å². The number of carbonyl (C=O) groups excluding carboxylic acids is 3. The molecule has 8 heteroatoms. The highest BCUT2D eigenvalue weighted by Crippen LogP contribution is 2.34. The molecule has 0 radical (unpaired) electrons. The van der Waals surface area contributed by atoms with Crippen molar-refractivity contribution < 1.29 is 23.9 Å². The predicted molar refractivity (Wildman–Crippen MR) is 128 cm³/mol. The molecule has 0 spiro atoms. The molecule has 1 fully saturated rings. The van der Waals surface area contributed by atoms with Gasteiger partial charge in [0.1, 0.15) is 12.6 Å². The number of hydrogen-bond donors (Lipinski definition) is 1. The van der Waals surface area contributed by atoms with Crippen molar-refractivity contribution in [3.05, 3.63) is 53.6 Å². The molecular formula is C26H31N3O5. The molecular weight excluding hydrogens is 434 g/mol. The summed E-state index contributed by atoms with van der Waals surface area (Å²) in [5.74, 6) is 0.625. The minimum absolute atomic E-state index is 0.0710. The fraction of sp³-hybridized carbons (Fsp3) is 0.423. The fourth-order valence-corrected chi connectivity index (χ4v) is 4.28. The number of carbonyl (C=O) groups is 3. The van der Waals surface area contributed by atoms with Crippen LogP contribution in [0.1, 0.15) is 44.4 Å². The van der Waals surface area contributed by atoms with Gasteiger partial charge in [0.05, 0.1) is 19.3 Å². The highest BCUT2D eigenvalue weighted by molar-refractivity contribution is 6.15. The first-order valence-corrected chi connectivity index (χ1v) is 11.7. The molecule has 0 bridgehead atoms. The number of amides is 4. The van der Waals surface area contributed by atoms with E-state index in [1.807, 2.05) is 51.1 Å². The van der Waals surface area contributed by atoms with Crippen LogP contribution in [-0.4, -0.2) is 48.5 Å². The van der Waals surface area contributed by atoms with Crippen LogP contribution in [0.25, 0.3) is 0 Å². The van der Waals surface area contributed by atoms with E-state index in [1.54, 1.807) is 19.1 Å². The Morgan fingerprint density at radius 1 is 1.06 bits per heavy atom. The SMILES string of the molecule is Cc1ccc(N2C(=O)N(CC(=O)N[C@@H](c3ccc4c(c3)OCCCO4)C(C)C)C(=O)[C@@H]2C)cc1. The second-order valence-electron chi connectivity index (χ2n) is 9.13. The minimum Gasteiger partial charge on any atom is -0.490 e. The number of nitrogens with zero attached hydrogens (tertiary/aromatic N) is 2. The third kappa shape index (κ3) is 4.71. The molecule has 4 rings (SSSR count). The average molecular weight is 466 g/mol. The van der Waals surface area contributed by atoms with E-state index in [-0.39, 0.29) is 18.5 Å². The maximum atomic E-state index is 13.1. The lowest BCUT2D eigenvalue weighted by Crippen LogP contribution is -2.43. The number of aryl methyl sites for hydroxylation is 1. The topological polar surface area (TPSA) is 88.2 Å². The third-order valence-corrected chi connectivity index (χ3v) is 6.18. The highest BCUT2D eigenvalue weighted by atomic mass is 16.5. The van der Waals surface area contributed by atoms with Crippen LogP contribution in [0, 0.1) is 12.8 Å². The molecule has 0 aliphatic carbocycles. The Balaban J connectivity index is 1.48. The number of ether oxygens (including phenoxy) is 2. The quantitative estimate of drug-likeness (QED) is 0.655. The van der Waals surface area contributed by atoms with Gasteiger partial charge in [0.2, 0.25) is 5.91 Å². The lowest BCUT2D eigenvalue weighted by Gasteiger charge is -2.25. The minimum atomic E-state index is -0.675. The van der Waals surface area contributed by atoms with Crippen molar-refractivity contribution in [2.45, 2.75) is 46.2 Å². The molecule has 2 heterocycles. The Morgan fingerprint density at radius 3 is 2.41 bits per heavy atom. The van der Waals surface area contributed by atoms with Gasteiger partial charge < -0.3 is 14.8 Å². The van der Waals surface area contributed by atoms with Gasteiger partial charge in [-0.1, -0.05) is 37.6 Å². The van der Waals surface area contributed by atoms with E-state index in [0.717, 1.165) is 22.4 Å². The number of imide groups is 1. The molecule has 4 amide bonds. The Bertz CT molecular complexity index is 1080. The van der Waals surface area contributed by atoms with Crippen LogP contribution in [0.5, 0.6) is 11.5 Å². The Kier molecular flexibility index (Phi) is 6.77. The monoisotopic (exact) mass is 465 g/mol. The summed E-state index contributed by atoms with van der Waals surface area (Å²) >= 11 is 0. The lowest BCUT2D eigenvalue weighted by atomic mass is 9.95. The average Bonchev–Trinajstić information content (AvgIpc) is 2.97. The van der Waals surface area contributed by atoms with Crippen molar-refractivity contribution in [1.29, 1.82) is 0 Å². The highest BCUT2D eigenvalue weighted by Gasteiger charge is 2.44. The molecule has 180 valence electrons. The fourth-order valence-electron chi connectivity index (χ4n) is 4.28. The van der Waals surface area contributed by atoms with Gasteiger partial charge in [0.25, 0.3) is 5.91 Å². The van der Waals surface area contributed by atoms with E-state index in [2.05, 4.69) is 5.32 Å². The summed E-state index contributed by atoms with van der Waals surface area (Å²) in [6.07, 6.45) is 0.810. The number of benzene rings is 2. The van der Waals surface area contributed by atoms with E-state index < -0.39 is 23.9 Å².